The highest BCUT2D eigenvalue weighted by Gasteiger charge is 2.62. The van der Waals surface area contributed by atoms with Gasteiger partial charge in [0.15, 0.2) is 0 Å². The van der Waals surface area contributed by atoms with Crippen LogP contribution in [0.5, 0.6) is 0 Å². The summed E-state index contributed by atoms with van der Waals surface area (Å²) in [5.41, 5.74) is 0.522. The van der Waals surface area contributed by atoms with E-state index < -0.39 is 0 Å². The van der Waals surface area contributed by atoms with Gasteiger partial charge in [-0.25, -0.2) is 0 Å². The average molecular weight is 391 g/mol. The van der Waals surface area contributed by atoms with Gasteiger partial charge in [0.05, 0.1) is 0 Å². The van der Waals surface area contributed by atoms with Crippen molar-refractivity contribution in [3.8, 4) is 0 Å². The second-order valence-electron chi connectivity index (χ2n) is 10.9. The van der Waals surface area contributed by atoms with E-state index in [9.17, 15) is 9.59 Å². The number of carbonyl (C=O) groups excluding carboxylic acids is 2. The first-order valence-corrected chi connectivity index (χ1v) is 11.5. The molecule has 0 spiro atoms. The molecule has 158 valence electrons. The second kappa shape index (κ2) is 7.02. The van der Waals surface area contributed by atoms with E-state index in [1.54, 1.807) is 6.92 Å². The van der Waals surface area contributed by atoms with Crippen LogP contribution in [-0.4, -0.2) is 24.1 Å². The van der Waals surface area contributed by atoms with Crippen LogP contribution in [0.1, 0.15) is 86.0 Å². The van der Waals surface area contributed by atoms with Gasteiger partial charge in [-0.3, -0.25) is 9.59 Å². The van der Waals surface area contributed by atoms with Crippen molar-refractivity contribution in [3.05, 3.63) is 0 Å². The van der Waals surface area contributed by atoms with Crippen LogP contribution in [0.3, 0.4) is 0 Å². The van der Waals surface area contributed by atoms with E-state index in [4.69, 9.17) is 9.47 Å². The number of hydrogen-bond acceptors (Lipinski definition) is 4. The predicted octanol–water partition coefficient (Wildman–Crippen LogP) is 5.14. The van der Waals surface area contributed by atoms with Gasteiger partial charge in [0, 0.05) is 19.3 Å². The minimum Gasteiger partial charge on any atom is -0.463 e. The largest absolute Gasteiger partial charge is 0.463 e. The Hall–Kier alpha value is -1.06. The van der Waals surface area contributed by atoms with Crippen LogP contribution < -0.4 is 0 Å². The van der Waals surface area contributed by atoms with Crippen LogP contribution in [0.4, 0.5) is 0 Å². The van der Waals surface area contributed by atoms with Crippen LogP contribution in [-0.2, 0) is 19.1 Å². The lowest BCUT2D eigenvalue weighted by molar-refractivity contribution is -0.175. The van der Waals surface area contributed by atoms with Gasteiger partial charge in [0.25, 0.3) is 0 Å². The van der Waals surface area contributed by atoms with E-state index in [1.165, 1.54) is 39.0 Å². The standard InChI is InChI=1S/C24H38O4/c1-14-12-17-13-18(27-15(2)25)8-10-23(17,4)20-9-11-24(5)19(22(14)20)6-7-21(24)28-16(3)26/h14,17-22H,6-13H2,1-5H3. The van der Waals surface area contributed by atoms with E-state index in [2.05, 4.69) is 20.8 Å². The Morgan fingerprint density at radius 1 is 0.821 bits per heavy atom. The molecular weight excluding hydrogens is 352 g/mol. The number of esters is 2. The summed E-state index contributed by atoms with van der Waals surface area (Å²) < 4.78 is 11.4. The van der Waals surface area contributed by atoms with E-state index in [0.717, 1.165) is 31.1 Å². The van der Waals surface area contributed by atoms with Gasteiger partial charge in [0.2, 0.25) is 0 Å². The van der Waals surface area contributed by atoms with Crippen molar-refractivity contribution in [3.63, 3.8) is 0 Å². The van der Waals surface area contributed by atoms with E-state index >= 15 is 0 Å². The number of carbonyl (C=O) groups is 2. The zero-order valence-corrected chi connectivity index (χ0v) is 18.3. The molecule has 4 fully saturated rings. The summed E-state index contributed by atoms with van der Waals surface area (Å²) in [5, 5.41) is 0. The number of hydrogen-bond donors (Lipinski definition) is 0. The Balaban J connectivity index is 1.56. The van der Waals surface area contributed by atoms with Gasteiger partial charge in [-0.05, 0) is 86.4 Å². The molecule has 28 heavy (non-hydrogen) atoms. The van der Waals surface area contributed by atoms with E-state index in [1.807, 2.05) is 0 Å². The van der Waals surface area contributed by atoms with Crippen LogP contribution >= 0.6 is 0 Å². The summed E-state index contributed by atoms with van der Waals surface area (Å²) >= 11 is 0. The highest BCUT2D eigenvalue weighted by Crippen LogP contribution is 2.67. The smallest absolute Gasteiger partial charge is 0.302 e. The van der Waals surface area contributed by atoms with Crippen LogP contribution in [0, 0.1) is 40.4 Å². The summed E-state index contributed by atoms with van der Waals surface area (Å²) in [5.74, 6) is 3.28. The van der Waals surface area contributed by atoms with Crippen LogP contribution in [0.2, 0.25) is 0 Å². The third-order valence-electron chi connectivity index (χ3n) is 9.53. The van der Waals surface area contributed by atoms with Gasteiger partial charge in [-0.15, -0.1) is 0 Å². The SMILES string of the molecule is CC(=O)OC1CCC2(C)C(C1)CC(C)C1C2CCC2(C)C(OC(C)=O)CCC12. The minimum atomic E-state index is -0.133. The lowest BCUT2D eigenvalue weighted by Gasteiger charge is -2.62. The van der Waals surface area contributed by atoms with Crippen molar-refractivity contribution in [2.45, 2.75) is 98.2 Å². The average Bonchev–Trinajstić information content (AvgIpc) is 2.92. The Labute approximate surface area is 170 Å². The van der Waals surface area contributed by atoms with Gasteiger partial charge in [-0.2, -0.15) is 0 Å². The first kappa shape index (κ1) is 20.2. The van der Waals surface area contributed by atoms with E-state index in [-0.39, 0.29) is 29.6 Å². The maximum absolute atomic E-state index is 11.7. The molecule has 9 unspecified atom stereocenters. The maximum atomic E-state index is 11.7. The van der Waals surface area contributed by atoms with Gasteiger partial charge >= 0.3 is 11.9 Å². The van der Waals surface area contributed by atoms with Crippen molar-refractivity contribution >= 4 is 11.9 Å². The molecule has 0 aliphatic heterocycles. The summed E-state index contributed by atoms with van der Waals surface area (Å²) in [6, 6.07) is 0. The van der Waals surface area contributed by atoms with Gasteiger partial charge in [0.1, 0.15) is 12.2 Å². The van der Waals surface area contributed by atoms with Crippen molar-refractivity contribution in [2.24, 2.45) is 40.4 Å². The summed E-state index contributed by atoms with van der Waals surface area (Å²) in [7, 11) is 0. The Bertz CT molecular complexity index is 645. The van der Waals surface area contributed by atoms with Crippen molar-refractivity contribution < 1.29 is 19.1 Å². The summed E-state index contributed by atoms with van der Waals surface area (Å²) in [6.45, 7) is 10.5. The predicted molar refractivity (Wildman–Crippen MR) is 107 cm³/mol. The molecule has 0 saturated heterocycles. The molecule has 4 saturated carbocycles. The molecule has 0 amide bonds. The molecule has 4 heteroatoms. The third-order valence-corrected chi connectivity index (χ3v) is 9.53. The molecule has 0 aromatic carbocycles. The highest BCUT2D eigenvalue weighted by molar-refractivity contribution is 5.66. The lowest BCUT2D eigenvalue weighted by atomic mass is 9.43. The molecule has 0 aromatic heterocycles. The zero-order valence-electron chi connectivity index (χ0n) is 18.3. The Morgan fingerprint density at radius 2 is 1.46 bits per heavy atom. The van der Waals surface area contributed by atoms with Crippen molar-refractivity contribution in [2.75, 3.05) is 0 Å². The molecule has 0 N–H and O–H groups in total. The van der Waals surface area contributed by atoms with Crippen LogP contribution in [0.25, 0.3) is 0 Å². The molecule has 0 heterocycles. The molecule has 4 aliphatic rings. The maximum Gasteiger partial charge on any atom is 0.302 e. The van der Waals surface area contributed by atoms with Crippen LogP contribution in [0.15, 0.2) is 0 Å². The molecule has 4 nitrogen and oxygen atoms in total. The van der Waals surface area contributed by atoms with Crippen molar-refractivity contribution in [1.29, 1.82) is 0 Å². The van der Waals surface area contributed by atoms with Gasteiger partial charge < -0.3 is 9.47 Å². The fourth-order valence-electron chi connectivity index (χ4n) is 8.29. The zero-order chi connectivity index (χ0) is 20.3. The fourth-order valence-corrected chi connectivity index (χ4v) is 8.29. The molecule has 9 atom stereocenters. The normalized spacial score (nSPS) is 50.1. The first-order chi connectivity index (χ1) is 13.1. The third kappa shape index (κ3) is 3.10. The minimum absolute atomic E-state index is 0.105. The molecule has 0 aromatic rings. The number of rotatable bonds is 2. The summed E-state index contributed by atoms with van der Waals surface area (Å²) in [4.78, 5) is 23.1. The molecule has 0 radical (unpaired) electrons. The lowest BCUT2D eigenvalue weighted by Crippen LogP contribution is -2.57. The monoisotopic (exact) mass is 390 g/mol. The molecule has 0 bridgehead atoms. The first-order valence-electron chi connectivity index (χ1n) is 11.5. The fraction of sp³-hybridized carbons (Fsp3) is 0.917. The Morgan fingerprint density at radius 3 is 2.14 bits per heavy atom. The number of fused-ring (bicyclic) bond motifs is 5. The second-order valence-corrected chi connectivity index (χ2v) is 10.9. The molecule has 4 rings (SSSR count). The quantitative estimate of drug-likeness (QED) is 0.613. The molecular formula is C24H38O4. The summed E-state index contributed by atoms with van der Waals surface area (Å²) in [6.07, 6.45) is 9.39. The van der Waals surface area contributed by atoms with E-state index in [0.29, 0.717) is 23.2 Å². The topological polar surface area (TPSA) is 52.6 Å². The van der Waals surface area contributed by atoms with Gasteiger partial charge in [-0.1, -0.05) is 20.8 Å². The molecule has 4 aliphatic carbocycles. The number of ether oxygens (including phenoxy) is 2. The Kier molecular flexibility index (Phi) is 5.07. The van der Waals surface area contributed by atoms with Crippen molar-refractivity contribution in [1.82, 2.24) is 0 Å². The highest BCUT2D eigenvalue weighted by atomic mass is 16.5.